The van der Waals surface area contributed by atoms with E-state index in [1.54, 1.807) is 0 Å². The van der Waals surface area contributed by atoms with Crippen molar-refractivity contribution in [2.75, 3.05) is 37.7 Å². The zero-order valence-electron chi connectivity index (χ0n) is 12.2. The SMILES string of the molecule is c1ccc(CCOc2ccc(N3CCNCC3)cc2)nc1. The predicted octanol–water partition coefficient (Wildman–Crippen LogP) is 2.11. The first-order chi connectivity index (χ1) is 10.4. The Morgan fingerprint density at radius 1 is 1.05 bits per heavy atom. The smallest absolute Gasteiger partial charge is 0.119 e. The molecule has 1 aliphatic rings. The van der Waals surface area contributed by atoms with E-state index in [4.69, 9.17) is 4.74 Å². The summed E-state index contributed by atoms with van der Waals surface area (Å²) in [4.78, 5) is 6.69. The molecule has 110 valence electrons. The van der Waals surface area contributed by atoms with Crippen molar-refractivity contribution in [3.8, 4) is 5.75 Å². The van der Waals surface area contributed by atoms with Crippen LogP contribution in [-0.2, 0) is 6.42 Å². The number of pyridine rings is 1. The normalized spacial score (nSPS) is 15.0. The molecule has 0 atom stereocenters. The van der Waals surface area contributed by atoms with Gasteiger partial charge < -0.3 is 15.0 Å². The number of anilines is 1. The first-order valence-electron chi connectivity index (χ1n) is 7.50. The van der Waals surface area contributed by atoms with Crippen molar-refractivity contribution in [3.05, 3.63) is 54.4 Å². The molecule has 3 rings (SSSR count). The van der Waals surface area contributed by atoms with Gasteiger partial charge in [0, 0.05) is 50.2 Å². The monoisotopic (exact) mass is 283 g/mol. The van der Waals surface area contributed by atoms with Crippen LogP contribution >= 0.6 is 0 Å². The summed E-state index contributed by atoms with van der Waals surface area (Å²) < 4.78 is 5.78. The van der Waals surface area contributed by atoms with Crippen LogP contribution in [0.4, 0.5) is 5.69 Å². The molecule has 0 radical (unpaired) electrons. The molecule has 2 heterocycles. The van der Waals surface area contributed by atoms with Gasteiger partial charge in [0.15, 0.2) is 0 Å². The Labute approximate surface area is 125 Å². The van der Waals surface area contributed by atoms with Crippen LogP contribution in [0.5, 0.6) is 5.75 Å². The minimum Gasteiger partial charge on any atom is -0.493 e. The number of hydrogen-bond donors (Lipinski definition) is 1. The van der Waals surface area contributed by atoms with Gasteiger partial charge in [-0.3, -0.25) is 4.98 Å². The third kappa shape index (κ3) is 3.95. The topological polar surface area (TPSA) is 37.4 Å². The highest BCUT2D eigenvalue weighted by Gasteiger charge is 2.09. The summed E-state index contributed by atoms with van der Waals surface area (Å²) in [5, 5.41) is 3.37. The second-order valence-electron chi connectivity index (χ2n) is 5.15. The van der Waals surface area contributed by atoms with Crippen LogP contribution in [0.25, 0.3) is 0 Å². The highest BCUT2D eigenvalue weighted by atomic mass is 16.5. The minimum atomic E-state index is 0.657. The lowest BCUT2D eigenvalue weighted by Crippen LogP contribution is -2.43. The van der Waals surface area contributed by atoms with Crippen LogP contribution in [0.2, 0.25) is 0 Å². The van der Waals surface area contributed by atoms with Crippen molar-refractivity contribution < 1.29 is 4.74 Å². The Hall–Kier alpha value is -2.07. The van der Waals surface area contributed by atoms with Crippen LogP contribution in [0, 0.1) is 0 Å². The van der Waals surface area contributed by atoms with Crippen molar-refractivity contribution in [1.29, 1.82) is 0 Å². The number of hydrogen-bond acceptors (Lipinski definition) is 4. The second kappa shape index (κ2) is 7.09. The number of piperazine rings is 1. The van der Waals surface area contributed by atoms with E-state index in [9.17, 15) is 0 Å². The fourth-order valence-electron chi connectivity index (χ4n) is 2.50. The Morgan fingerprint density at radius 2 is 1.86 bits per heavy atom. The van der Waals surface area contributed by atoms with Crippen LogP contribution < -0.4 is 15.0 Å². The highest BCUT2D eigenvalue weighted by molar-refractivity contribution is 5.49. The van der Waals surface area contributed by atoms with E-state index in [2.05, 4.69) is 39.5 Å². The zero-order valence-corrected chi connectivity index (χ0v) is 12.2. The second-order valence-corrected chi connectivity index (χ2v) is 5.15. The lowest BCUT2D eigenvalue weighted by Gasteiger charge is -2.29. The predicted molar refractivity (Wildman–Crippen MR) is 85.0 cm³/mol. The largest absolute Gasteiger partial charge is 0.493 e. The van der Waals surface area contributed by atoms with Crippen molar-refractivity contribution in [3.63, 3.8) is 0 Å². The van der Waals surface area contributed by atoms with E-state index in [-0.39, 0.29) is 0 Å². The van der Waals surface area contributed by atoms with Crippen molar-refractivity contribution >= 4 is 5.69 Å². The summed E-state index contributed by atoms with van der Waals surface area (Å²) in [6, 6.07) is 14.3. The molecular weight excluding hydrogens is 262 g/mol. The highest BCUT2D eigenvalue weighted by Crippen LogP contribution is 2.19. The van der Waals surface area contributed by atoms with Gasteiger partial charge >= 0.3 is 0 Å². The third-order valence-corrected chi connectivity index (χ3v) is 3.67. The first kappa shape index (κ1) is 13.9. The molecule has 1 aromatic heterocycles. The lowest BCUT2D eigenvalue weighted by atomic mass is 10.2. The van der Waals surface area contributed by atoms with E-state index in [1.807, 2.05) is 24.4 Å². The van der Waals surface area contributed by atoms with E-state index in [0.29, 0.717) is 6.61 Å². The molecule has 1 aromatic carbocycles. The third-order valence-electron chi connectivity index (χ3n) is 3.67. The van der Waals surface area contributed by atoms with Gasteiger partial charge in [-0.1, -0.05) is 6.07 Å². The van der Waals surface area contributed by atoms with Crippen LogP contribution in [0.15, 0.2) is 48.7 Å². The summed E-state index contributed by atoms with van der Waals surface area (Å²) in [6.07, 6.45) is 2.65. The standard InChI is InChI=1S/C17H21N3O/c1-2-9-19-15(3-1)8-14-21-17-6-4-16(5-7-17)20-12-10-18-11-13-20/h1-7,9,18H,8,10-14H2. The maximum atomic E-state index is 5.78. The van der Waals surface area contributed by atoms with E-state index >= 15 is 0 Å². The molecule has 1 N–H and O–H groups in total. The molecule has 0 spiro atoms. The molecule has 0 unspecified atom stereocenters. The molecule has 21 heavy (non-hydrogen) atoms. The Bertz CT molecular complexity index is 536. The van der Waals surface area contributed by atoms with Crippen molar-refractivity contribution in [2.45, 2.75) is 6.42 Å². The van der Waals surface area contributed by atoms with Crippen LogP contribution in [-0.4, -0.2) is 37.8 Å². The summed E-state index contributed by atoms with van der Waals surface area (Å²) in [7, 11) is 0. The molecule has 4 heteroatoms. The lowest BCUT2D eigenvalue weighted by molar-refractivity contribution is 0.320. The molecule has 0 bridgehead atoms. The van der Waals surface area contributed by atoms with Gasteiger partial charge in [0.1, 0.15) is 5.75 Å². The average Bonchev–Trinajstić information content (AvgIpc) is 2.57. The van der Waals surface area contributed by atoms with E-state index in [0.717, 1.165) is 44.0 Å². The minimum absolute atomic E-state index is 0.657. The van der Waals surface area contributed by atoms with Crippen molar-refractivity contribution in [2.24, 2.45) is 0 Å². The number of rotatable bonds is 5. The Balaban J connectivity index is 1.50. The summed E-state index contributed by atoms with van der Waals surface area (Å²) in [5.41, 5.74) is 2.34. The molecule has 2 aromatic rings. The molecule has 0 saturated carbocycles. The quantitative estimate of drug-likeness (QED) is 0.912. The van der Waals surface area contributed by atoms with Gasteiger partial charge in [0.25, 0.3) is 0 Å². The first-order valence-corrected chi connectivity index (χ1v) is 7.50. The van der Waals surface area contributed by atoms with Crippen LogP contribution in [0.3, 0.4) is 0 Å². The molecule has 1 aliphatic heterocycles. The average molecular weight is 283 g/mol. The van der Waals surface area contributed by atoms with Gasteiger partial charge in [-0.2, -0.15) is 0 Å². The maximum absolute atomic E-state index is 5.78. The van der Waals surface area contributed by atoms with Crippen molar-refractivity contribution in [1.82, 2.24) is 10.3 Å². The molecule has 0 aliphatic carbocycles. The van der Waals surface area contributed by atoms with Gasteiger partial charge in [-0.15, -0.1) is 0 Å². The van der Waals surface area contributed by atoms with Crippen LogP contribution in [0.1, 0.15) is 5.69 Å². The maximum Gasteiger partial charge on any atom is 0.119 e. The van der Waals surface area contributed by atoms with Gasteiger partial charge in [-0.25, -0.2) is 0 Å². The van der Waals surface area contributed by atoms with Gasteiger partial charge in [0.05, 0.1) is 6.61 Å². The molecule has 0 amide bonds. The fourth-order valence-corrected chi connectivity index (χ4v) is 2.50. The number of aromatic nitrogens is 1. The number of nitrogens with zero attached hydrogens (tertiary/aromatic N) is 2. The molecule has 1 fully saturated rings. The van der Waals surface area contributed by atoms with E-state index in [1.165, 1.54) is 5.69 Å². The molecular formula is C17H21N3O. The fraction of sp³-hybridized carbons (Fsp3) is 0.353. The summed E-state index contributed by atoms with van der Waals surface area (Å²) >= 11 is 0. The molecule has 4 nitrogen and oxygen atoms in total. The van der Waals surface area contributed by atoms with Gasteiger partial charge in [0.2, 0.25) is 0 Å². The Kier molecular flexibility index (Phi) is 4.69. The summed E-state index contributed by atoms with van der Waals surface area (Å²) in [6.45, 7) is 4.91. The molecule has 1 saturated heterocycles. The van der Waals surface area contributed by atoms with E-state index < -0.39 is 0 Å². The Morgan fingerprint density at radius 3 is 2.57 bits per heavy atom. The number of nitrogens with one attached hydrogen (secondary N) is 1. The zero-order chi connectivity index (χ0) is 14.3. The number of ether oxygens (including phenoxy) is 1. The number of benzene rings is 1. The summed E-state index contributed by atoms with van der Waals surface area (Å²) in [5.74, 6) is 0.921. The van der Waals surface area contributed by atoms with Gasteiger partial charge in [-0.05, 0) is 36.4 Å².